The summed E-state index contributed by atoms with van der Waals surface area (Å²) in [5, 5.41) is 8.86. The van der Waals surface area contributed by atoms with Crippen LogP contribution in [-0.2, 0) is 0 Å². The van der Waals surface area contributed by atoms with Crippen molar-refractivity contribution in [2.75, 3.05) is 0 Å². The summed E-state index contributed by atoms with van der Waals surface area (Å²) in [6, 6.07) is 53.1. The van der Waals surface area contributed by atoms with Crippen LogP contribution in [0.15, 0.2) is 146 Å². The van der Waals surface area contributed by atoms with Gasteiger partial charge in [0.1, 0.15) is 5.65 Å². The number of nitrogens with zero attached hydrogens (tertiary/aromatic N) is 2. The van der Waals surface area contributed by atoms with E-state index in [0.29, 0.717) is 0 Å². The van der Waals surface area contributed by atoms with E-state index in [1.165, 1.54) is 74.9 Å². The van der Waals surface area contributed by atoms with Crippen LogP contribution in [0, 0.1) is 0 Å². The Labute approximate surface area is 257 Å². The molecule has 10 rings (SSSR count). The highest BCUT2D eigenvalue weighted by atomic mass is 32.1. The Morgan fingerprint density at radius 3 is 1.98 bits per heavy atom. The smallest absolute Gasteiger partial charge is 0.146 e. The Bertz CT molecular complexity index is 2760. The Hall–Kier alpha value is -5.51. The zero-order valence-electron chi connectivity index (χ0n) is 23.7. The van der Waals surface area contributed by atoms with Gasteiger partial charge in [-0.15, -0.1) is 11.3 Å². The van der Waals surface area contributed by atoms with E-state index in [-0.39, 0.29) is 0 Å². The minimum atomic E-state index is 1.00. The molecule has 3 heteroatoms. The third-order valence-electron chi connectivity index (χ3n) is 9.17. The summed E-state index contributed by atoms with van der Waals surface area (Å²) in [4.78, 5) is 5.15. The first-order valence-corrected chi connectivity index (χ1v) is 15.8. The van der Waals surface area contributed by atoms with Crippen LogP contribution in [0.25, 0.3) is 91.6 Å². The number of hydrogen-bond donors (Lipinski definition) is 0. The summed E-state index contributed by atoms with van der Waals surface area (Å²) in [5.41, 5.74) is 9.20. The Kier molecular flexibility index (Phi) is 4.90. The van der Waals surface area contributed by atoms with Crippen molar-refractivity contribution < 1.29 is 0 Å². The van der Waals surface area contributed by atoms with Gasteiger partial charge in [0.05, 0.1) is 16.6 Å². The fourth-order valence-electron chi connectivity index (χ4n) is 7.07. The molecule has 0 saturated carbocycles. The summed E-state index contributed by atoms with van der Waals surface area (Å²) < 4.78 is 5.02. The monoisotopic (exact) mass is 576 g/mol. The average molecular weight is 577 g/mol. The molecule has 0 aliphatic heterocycles. The van der Waals surface area contributed by atoms with Crippen LogP contribution >= 0.6 is 11.3 Å². The fraction of sp³-hybridized carbons (Fsp3) is 0. The van der Waals surface area contributed by atoms with Gasteiger partial charge in [-0.25, -0.2) is 4.98 Å². The number of imidazole rings is 1. The number of fused-ring (bicyclic) bond motifs is 13. The second-order valence-electron chi connectivity index (χ2n) is 11.6. The van der Waals surface area contributed by atoms with Gasteiger partial charge in [-0.1, -0.05) is 103 Å². The highest BCUT2D eigenvalue weighted by Crippen LogP contribution is 2.39. The van der Waals surface area contributed by atoms with Crippen LogP contribution in [0.4, 0.5) is 0 Å². The number of aromatic nitrogens is 2. The van der Waals surface area contributed by atoms with Gasteiger partial charge in [0.2, 0.25) is 0 Å². The summed E-state index contributed by atoms with van der Waals surface area (Å²) >= 11 is 1.86. The SMILES string of the molecule is c1ccc2c(c1)ccc1c2c2ccc(-c3ccc(-c4ccc5sc6ccccc6c5c4)cc3)cc2n2c3ccccc3nc12. The molecule has 204 valence electrons. The van der Waals surface area contributed by atoms with Gasteiger partial charge in [-0.2, -0.15) is 0 Å². The molecule has 0 saturated heterocycles. The lowest BCUT2D eigenvalue weighted by atomic mass is 9.95. The molecular formula is C41H24N2S. The Morgan fingerprint density at radius 1 is 0.432 bits per heavy atom. The second-order valence-corrected chi connectivity index (χ2v) is 12.7. The lowest BCUT2D eigenvalue weighted by molar-refractivity contribution is 1.32. The van der Waals surface area contributed by atoms with Gasteiger partial charge in [0, 0.05) is 36.3 Å². The number of benzene rings is 7. The second kappa shape index (κ2) is 9.00. The van der Waals surface area contributed by atoms with Crippen molar-refractivity contribution in [1.29, 1.82) is 0 Å². The normalized spacial score (nSPS) is 12.1. The third kappa shape index (κ3) is 3.39. The Morgan fingerprint density at radius 2 is 1.09 bits per heavy atom. The Balaban J connectivity index is 1.17. The molecule has 0 unspecified atom stereocenters. The highest BCUT2D eigenvalue weighted by Gasteiger charge is 2.16. The largest absolute Gasteiger partial charge is 0.292 e. The maximum atomic E-state index is 5.15. The molecule has 2 nitrogen and oxygen atoms in total. The fourth-order valence-corrected chi connectivity index (χ4v) is 8.15. The van der Waals surface area contributed by atoms with E-state index in [1.807, 2.05) is 11.3 Å². The van der Waals surface area contributed by atoms with Crippen molar-refractivity contribution in [2.45, 2.75) is 0 Å². The summed E-state index contributed by atoms with van der Waals surface area (Å²) in [7, 11) is 0. The molecule has 0 spiro atoms. The molecule has 0 N–H and O–H groups in total. The number of thiophene rings is 1. The first kappa shape index (κ1) is 24.0. The van der Waals surface area contributed by atoms with Crippen molar-refractivity contribution in [2.24, 2.45) is 0 Å². The van der Waals surface area contributed by atoms with Gasteiger partial charge >= 0.3 is 0 Å². The molecule has 0 amide bonds. The molecule has 0 fully saturated rings. The van der Waals surface area contributed by atoms with Gasteiger partial charge in [-0.3, -0.25) is 4.40 Å². The van der Waals surface area contributed by atoms with Crippen LogP contribution in [0.2, 0.25) is 0 Å². The lowest BCUT2D eigenvalue weighted by Crippen LogP contribution is -1.93. The van der Waals surface area contributed by atoms with Crippen molar-refractivity contribution in [3.8, 4) is 22.3 Å². The number of pyridine rings is 1. The number of rotatable bonds is 2. The molecule has 0 aliphatic carbocycles. The molecule has 10 aromatic rings. The van der Waals surface area contributed by atoms with E-state index >= 15 is 0 Å². The molecular weight excluding hydrogens is 553 g/mol. The lowest BCUT2D eigenvalue weighted by Gasteiger charge is -2.13. The standard InChI is InChI=1S/C41H24N2S/c1-2-8-30-27(7-1)17-21-33-40(30)32-20-18-29(24-37(32)43-36-11-5-4-10-35(36)42-41(33)43)26-15-13-25(14-16-26)28-19-22-39-34(23-28)31-9-3-6-12-38(31)44-39/h1-24H. The summed E-state index contributed by atoms with van der Waals surface area (Å²) in [5.74, 6) is 0. The number of hydrogen-bond acceptors (Lipinski definition) is 2. The van der Waals surface area contributed by atoms with E-state index in [0.717, 1.165) is 16.7 Å². The molecule has 0 atom stereocenters. The first-order valence-electron chi connectivity index (χ1n) is 15.0. The highest BCUT2D eigenvalue weighted by molar-refractivity contribution is 7.25. The van der Waals surface area contributed by atoms with Crippen molar-refractivity contribution in [1.82, 2.24) is 9.38 Å². The van der Waals surface area contributed by atoms with Gasteiger partial charge in [-0.05, 0) is 75.5 Å². The van der Waals surface area contributed by atoms with E-state index in [1.54, 1.807) is 0 Å². The molecule has 0 radical (unpaired) electrons. The summed E-state index contributed by atoms with van der Waals surface area (Å²) in [6.45, 7) is 0. The molecule has 3 aromatic heterocycles. The minimum Gasteiger partial charge on any atom is -0.292 e. The van der Waals surface area contributed by atoms with Crippen LogP contribution in [-0.4, -0.2) is 9.38 Å². The van der Waals surface area contributed by atoms with Crippen molar-refractivity contribution >= 4 is 80.6 Å². The molecule has 3 heterocycles. The molecule has 0 bridgehead atoms. The van der Waals surface area contributed by atoms with Gasteiger partial charge in [0.25, 0.3) is 0 Å². The minimum absolute atomic E-state index is 1.00. The van der Waals surface area contributed by atoms with Gasteiger partial charge in [0.15, 0.2) is 0 Å². The van der Waals surface area contributed by atoms with Crippen molar-refractivity contribution in [3.05, 3.63) is 146 Å². The van der Waals surface area contributed by atoms with Crippen LogP contribution < -0.4 is 0 Å². The quantitative estimate of drug-likeness (QED) is 0.187. The van der Waals surface area contributed by atoms with Crippen molar-refractivity contribution in [3.63, 3.8) is 0 Å². The predicted molar refractivity (Wildman–Crippen MR) is 189 cm³/mol. The molecule has 44 heavy (non-hydrogen) atoms. The molecule has 7 aromatic carbocycles. The first-order chi connectivity index (χ1) is 21.8. The zero-order chi connectivity index (χ0) is 28.8. The van der Waals surface area contributed by atoms with E-state index in [9.17, 15) is 0 Å². The summed E-state index contributed by atoms with van der Waals surface area (Å²) in [6.07, 6.45) is 0. The van der Waals surface area contributed by atoms with Gasteiger partial charge < -0.3 is 0 Å². The number of para-hydroxylation sites is 2. The third-order valence-corrected chi connectivity index (χ3v) is 10.3. The average Bonchev–Trinajstić information content (AvgIpc) is 3.67. The van der Waals surface area contributed by atoms with Crippen LogP contribution in [0.1, 0.15) is 0 Å². The van der Waals surface area contributed by atoms with E-state index in [4.69, 9.17) is 4.98 Å². The predicted octanol–water partition coefficient (Wildman–Crippen LogP) is 11.6. The maximum absolute atomic E-state index is 5.15. The van der Waals surface area contributed by atoms with E-state index < -0.39 is 0 Å². The topological polar surface area (TPSA) is 17.3 Å². The zero-order valence-corrected chi connectivity index (χ0v) is 24.5. The van der Waals surface area contributed by atoms with Crippen LogP contribution in [0.3, 0.4) is 0 Å². The van der Waals surface area contributed by atoms with Crippen LogP contribution in [0.5, 0.6) is 0 Å². The van der Waals surface area contributed by atoms with E-state index in [2.05, 4.69) is 150 Å². The maximum Gasteiger partial charge on any atom is 0.146 e. The molecule has 0 aliphatic rings.